The fraction of sp³-hybridized carbons (Fsp3) is 0.538. The van der Waals surface area contributed by atoms with E-state index >= 15 is 0 Å². The Kier molecular flexibility index (Phi) is 6.99. The van der Waals surface area contributed by atoms with Crippen LogP contribution in [0, 0.1) is 5.92 Å². The molecule has 0 bridgehead atoms. The summed E-state index contributed by atoms with van der Waals surface area (Å²) in [6.45, 7) is 1.38. The smallest absolute Gasteiger partial charge is 0.243 e. The molecule has 23 heavy (non-hydrogen) atoms. The fourth-order valence-corrected chi connectivity index (χ4v) is 4.91. The highest BCUT2D eigenvalue weighted by Crippen LogP contribution is 2.26. The van der Waals surface area contributed by atoms with E-state index in [2.05, 4.69) is 0 Å². The van der Waals surface area contributed by atoms with E-state index in [1.165, 1.54) is 22.5 Å². The van der Waals surface area contributed by atoms with Crippen molar-refractivity contribution < 1.29 is 16.8 Å². The van der Waals surface area contributed by atoms with E-state index in [1.54, 1.807) is 0 Å². The molecular weight excluding hydrogens is 362 g/mol. The Morgan fingerprint density at radius 1 is 1.17 bits per heavy atom. The number of primary sulfonamides is 1. The maximum Gasteiger partial charge on any atom is 0.243 e. The number of benzene rings is 1. The van der Waals surface area contributed by atoms with Crippen molar-refractivity contribution >= 4 is 32.5 Å². The van der Waals surface area contributed by atoms with Crippen LogP contribution in [0.15, 0.2) is 34.1 Å². The summed E-state index contributed by atoms with van der Waals surface area (Å²) in [5, 5.41) is 5.06. The number of piperidine rings is 1. The Balaban J connectivity index is 0.00000264. The Morgan fingerprint density at radius 3 is 2.43 bits per heavy atom. The standard InChI is InChI=1S/C13H21N3O4S2.ClH/c14-7-6-11-3-2-8-16(10-11)22(19,20)13-5-1-4-12(9-13)21(15,17)18;/h1,4-5,9,11H,2-3,6-8,10,14H2,(H2,15,17,18);1H. The molecule has 1 aliphatic heterocycles. The summed E-state index contributed by atoms with van der Waals surface area (Å²) >= 11 is 0. The average molecular weight is 384 g/mol. The molecule has 132 valence electrons. The van der Waals surface area contributed by atoms with Crippen LogP contribution in [0.25, 0.3) is 0 Å². The largest absolute Gasteiger partial charge is 0.330 e. The number of hydrogen-bond donors (Lipinski definition) is 2. The lowest BCUT2D eigenvalue weighted by atomic mass is 9.96. The minimum Gasteiger partial charge on any atom is -0.330 e. The van der Waals surface area contributed by atoms with Gasteiger partial charge in [-0.25, -0.2) is 22.0 Å². The molecule has 10 heteroatoms. The van der Waals surface area contributed by atoms with Gasteiger partial charge < -0.3 is 5.73 Å². The molecule has 2 rings (SSSR count). The molecule has 1 atom stereocenters. The molecule has 0 aromatic heterocycles. The van der Waals surface area contributed by atoms with Crippen molar-refractivity contribution in [2.45, 2.75) is 29.1 Å². The number of hydrogen-bond acceptors (Lipinski definition) is 5. The molecule has 4 N–H and O–H groups in total. The summed E-state index contributed by atoms with van der Waals surface area (Å²) in [6.07, 6.45) is 2.52. The van der Waals surface area contributed by atoms with Crippen molar-refractivity contribution in [1.29, 1.82) is 0 Å². The highest BCUT2D eigenvalue weighted by Gasteiger charge is 2.30. The number of nitrogens with two attached hydrogens (primary N) is 2. The van der Waals surface area contributed by atoms with Crippen LogP contribution in [-0.4, -0.2) is 40.8 Å². The summed E-state index contributed by atoms with van der Waals surface area (Å²) in [6, 6.07) is 5.16. The lowest BCUT2D eigenvalue weighted by Gasteiger charge is -2.31. The maximum absolute atomic E-state index is 12.7. The van der Waals surface area contributed by atoms with Gasteiger partial charge in [0.15, 0.2) is 0 Å². The zero-order valence-corrected chi connectivity index (χ0v) is 15.0. The number of sulfonamides is 2. The van der Waals surface area contributed by atoms with Gasteiger partial charge >= 0.3 is 0 Å². The second-order valence-corrected chi connectivity index (χ2v) is 8.97. The molecule has 1 aromatic carbocycles. The van der Waals surface area contributed by atoms with Gasteiger partial charge in [-0.1, -0.05) is 6.07 Å². The van der Waals surface area contributed by atoms with Crippen molar-refractivity contribution in [2.75, 3.05) is 19.6 Å². The van der Waals surface area contributed by atoms with Crippen molar-refractivity contribution in [3.63, 3.8) is 0 Å². The van der Waals surface area contributed by atoms with Crippen molar-refractivity contribution in [3.8, 4) is 0 Å². The monoisotopic (exact) mass is 383 g/mol. The van der Waals surface area contributed by atoms with Gasteiger partial charge in [-0.05, 0) is 49.9 Å². The molecule has 0 saturated carbocycles. The van der Waals surface area contributed by atoms with Crippen LogP contribution in [0.5, 0.6) is 0 Å². The third-order valence-electron chi connectivity index (χ3n) is 3.83. The van der Waals surface area contributed by atoms with Gasteiger partial charge in [-0.2, -0.15) is 4.31 Å². The second kappa shape index (κ2) is 7.91. The summed E-state index contributed by atoms with van der Waals surface area (Å²) in [7, 11) is -7.66. The normalized spacial score (nSPS) is 20.0. The van der Waals surface area contributed by atoms with Crippen molar-refractivity contribution in [1.82, 2.24) is 4.31 Å². The molecule has 0 amide bonds. The molecule has 1 heterocycles. The molecule has 1 fully saturated rings. The van der Waals surface area contributed by atoms with Crippen LogP contribution in [0.3, 0.4) is 0 Å². The molecule has 0 radical (unpaired) electrons. The van der Waals surface area contributed by atoms with Crippen LogP contribution < -0.4 is 10.9 Å². The lowest BCUT2D eigenvalue weighted by molar-refractivity contribution is 0.258. The Labute approximate surface area is 143 Å². The van der Waals surface area contributed by atoms with E-state index in [0.29, 0.717) is 19.6 Å². The number of rotatable bonds is 5. The van der Waals surface area contributed by atoms with Gasteiger partial charge in [0.05, 0.1) is 9.79 Å². The fourth-order valence-electron chi connectivity index (χ4n) is 2.68. The van der Waals surface area contributed by atoms with E-state index in [4.69, 9.17) is 10.9 Å². The topological polar surface area (TPSA) is 124 Å². The summed E-state index contributed by atoms with van der Waals surface area (Å²) in [5.74, 6) is 0.245. The summed E-state index contributed by atoms with van der Waals surface area (Å²) in [5.41, 5.74) is 5.54. The van der Waals surface area contributed by atoms with Gasteiger partial charge in [-0.3, -0.25) is 0 Å². The first-order valence-electron chi connectivity index (χ1n) is 7.08. The van der Waals surface area contributed by atoms with Gasteiger partial charge in [0.1, 0.15) is 0 Å². The van der Waals surface area contributed by atoms with E-state index in [-0.39, 0.29) is 28.1 Å². The van der Waals surface area contributed by atoms with E-state index in [1.807, 2.05) is 0 Å². The van der Waals surface area contributed by atoms with Gasteiger partial charge in [0.2, 0.25) is 20.0 Å². The minimum absolute atomic E-state index is 0. The summed E-state index contributed by atoms with van der Waals surface area (Å²) < 4.78 is 49.5. The van der Waals surface area contributed by atoms with E-state index < -0.39 is 20.0 Å². The molecule has 1 unspecified atom stereocenters. The van der Waals surface area contributed by atoms with Crippen LogP contribution in [0.2, 0.25) is 0 Å². The molecule has 7 nitrogen and oxygen atoms in total. The summed E-state index contributed by atoms with van der Waals surface area (Å²) in [4.78, 5) is -0.253. The van der Waals surface area contributed by atoms with Gasteiger partial charge in [0, 0.05) is 13.1 Å². The minimum atomic E-state index is -3.94. The third kappa shape index (κ3) is 4.88. The van der Waals surface area contributed by atoms with E-state index in [0.717, 1.165) is 25.3 Å². The highest BCUT2D eigenvalue weighted by atomic mass is 35.5. The van der Waals surface area contributed by atoms with Crippen LogP contribution in [-0.2, 0) is 20.0 Å². The van der Waals surface area contributed by atoms with Crippen molar-refractivity contribution in [2.24, 2.45) is 16.8 Å². The lowest BCUT2D eigenvalue weighted by Crippen LogP contribution is -2.40. The first kappa shape index (κ1) is 20.3. The van der Waals surface area contributed by atoms with Gasteiger partial charge in [-0.15, -0.1) is 12.4 Å². The zero-order valence-electron chi connectivity index (χ0n) is 12.6. The Morgan fingerprint density at radius 2 is 1.83 bits per heavy atom. The average Bonchev–Trinajstić information content (AvgIpc) is 2.47. The number of halogens is 1. The first-order valence-corrected chi connectivity index (χ1v) is 10.1. The molecular formula is C13H22ClN3O4S2. The van der Waals surface area contributed by atoms with Crippen molar-refractivity contribution in [3.05, 3.63) is 24.3 Å². The maximum atomic E-state index is 12.7. The van der Waals surface area contributed by atoms with Crippen LogP contribution >= 0.6 is 12.4 Å². The van der Waals surface area contributed by atoms with Crippen LogP contribution in [0.4, 0.5) is 0 Å². The van der Waals surface area contributed by atoms with Crippen LogP contribution in [0.1, 0.15) is 19.3 Å². The predicted molar refractivity (Wildman–Crippen MR) is 90.2 cm³/mol. The van der Waals surface area contributed by atoms with Gasteiger partial charge in [0.25, 0.3) is 0 Å². The first-order chi connectivity index (χ1) is 10.2. The quantitative estimate of drug-likeness (QED) is 0.766. The zero-order chi connectivity index (χ0) is 16.4. The molecule has 0 aliphatic carbocycles. The second-order valence-electron chi connectivity index (χ2n) is 5.47. The molecule has 1 aliphatic rings. The molecule has 1 aromatic rings. The Hall–Kier alpha value is -0.710. The molecule has 0 spiro atoms. The molecule has 1 saturated heterocycles. The third-order valence-corrected chi connectivity index (χ3v) is 6.60. The highest BCUT2D eigenvalue weighted by molar-refractivity contribution is 7.90. The van der Waals surface area contributed by atoms with E-state index in [9.17, 15) is 16.8 Å². The predicted octanol–water partition coefficient (Wildman–Crippen LogP) is 0.505. The Bertz CT molecular complexity index is 735. The SMILES string of the molecule is Cl.NCCC1CCCN(S(=O)(=O)c2cccc(S(N)(=O)=O)c2)C1. The number of nitrogens with zero attached hydrogens (tertiary/aromatic N) is 1.